The fourth-order valence-electron chi connectivity index (χ4n) is 1.38. The third-order valence-corrected chi connectivity index (χ3v) is 2.47. The van der Waals surface area contributed by atoms with E-state index < -0.39 is 0 Å². The Kier molecular flexibility index (Phi) is 2.91. The van der Waals surface area contributed by atoms with Gasteiger partial charge in [0.05, 0.1) is 6.61 Å². The van der Waals surface area contributed by atoms with Crippen molar-refractivity contribution in [2.75, 3.05) is 13.7 Å². The fraction of sp³-hybridized carbons (Fsp3) is 0.364. The molecule has 0 aromatic rings. The number of aliphatic hydroxyl groups excluding tert-OH is 1. The van der Waals surface area contributed by atoms with Crippen LogP contribution in [0.4, 0.5) is 0 Å². The van der Waals surface area contributed by atoms with Gasteiger partial charge < -0.3 is 9.84 Å². The fourth-order valence-corrected chi connectivity index (χ4v) is 1.38. The molecule has 1 rings (SSSR count). The van der Waals surface area contributed by atoms with Crippen LogP contribution in [0.5, 0.6) is 0 Å². The van der Waals surface area contributed by atoms with Gasteiger partial charge in [0.15, 0.2) is 5.78 Å². The van der Waals surface area contributed by atoms with Gasteiger partial charge >= 0.3 is 0 Å². The average Bonchev–Trinajstić information content (AvgIpc) is 2.19. The van der Waals surface area contributed by atoms with E-state index in [1.54, 1.807) is 13.8 Å². The minimum absolute atomic E-state index is 0.118. The monoisotopic (exact) mass is 194 g/mol. The van der Waals surface area contributed by atoms with E-state index in [-0.39, 0.29) is 18.1 Å². The topological polar surface area (TPSA) is 46.5 Å². The molecule has 0 aliphatic heterocycles. The molecule has 1 aliphatic rings. The van der Waals surface area contributed by atoms with Gasteiger partial charge in [-0.05, 0) is 19.4 Å². The molecule has 0 spiro atoms. The highest BCUT2D eigenvalue weighted by molar-refractivity contribution is 6.12. The summed E-state index contributed by atoms with van der Waals surface area (Å²) in [5.74, 6) is 0.00120. The van der Waals surface area contributed by atoms with Crippen LogP contribution in [0.3, 0.4) is 0 Å². The maximum absolute atomic E-state index is 11.6. The summed E-state index contributed by atoms with van der Waals surface area (Å²) in [7, 11) is 1.51. The van der Waals surface area contributed by atoms with E-state index in [4.69, 9.17) is 4.74 Å². The first-order valence-electron chi connectivity index (χ1n) is 4.33. The normalized spacial score (nSPS) is 18.2. The van der Waals surface area contributed by atoms with Gasteiger partial charge in [-0.3, -0.25) is 4.79 Å². The van der Waals surface area contributed by atoms with Crippen molar-refractivity contribution >= 4 is 5.78 Å². The average molecular weight is 194 g/mol. The lowest BCUT2D eigenvalue weighted by Gasteiger charge is -2.19. The molecular formula is C11H14O3. The Morgan fingerprint density at radius 3 is 2.43 bits per heavy atom. The second kappa shape index (κ2) is 3.80. The molecule has 14 heavy (non-hydrogen) atoms. The highest BCUT2D eigenvalue weighted by Gasteiger charge is 2.25. The highest BCUT2D eigenvalue weighted by Crippen LogP contribution is 2.29. The molecule has 76 valence electrons. The predicted molar refractivity (Wildman–Crippen MR) is 54.1 cm³/mol. The molecule has 0 saturated carbocycles. The van der Waals surface area contributed by atoms with Gasteiger partial charge in [0.25, 0.3) is 0 Å². The van der Waals surface area contributed by atoms with Crippen molar-refractivity contribution in [3.8, 4) is 0 Å². The lowest BCUT2D eigenvalue weighted by atomic mass is 9.88. The Bertz CT molecular complexity index is 359. The van der Waals surface area contributed by atoms with E-state index in [0.29, 0.717) is 22.3 Å². The maximum atomic E-state index is 11.6. The van der Waals surface area contributed by atoms with Crippen LogP contribution < -0.4 is 0 Å². The van der Waals surface area contributed by atoms with Crippen LogP contribution in [0.25, 0.3) is 0 Å². The number of rotatable bonds is 2. The number of hydrogen-bond acceptors (Lipinski definition) is 3. The number of ether oxygens (including phenoxy) is 1. The number of carbonyl (C=O) groups excluding carboxylic acids is 1. The van der Waals surface area contributed by atoms with E-state index in [1.165, 1.54) is 7.11 Å². The van der Waals surface area contributed by atoms with Crippen LogP contribution >= 0.6 is 0 Å². The number of carbonyl (C=O) groups is 1. The lowest BCUT2D eigenvalue weighted by Crippen LogP contribution is -2.18. The van der Waals surface area contributed by atoms with E-state index in [0.717, 1.165) is 0 Å². The number of Topliss-reactive ketones (excluding diaryl/α,β-unsaturated/α-hetero) is 1. The van der Waals surface area contributed by atoms with Gasteiger partial charge in [0, 0.05) is 23.8 Å². The van der Waals surface area contributed by atoms with Gasteiger partial charge in [-0.2, -0.15) is 0 Å². The Balaban J connectivity index is 3.25. The first kappa shape index (κ1) is 10.7. The van der Waals surface area contributed by atoms with Crippen molar-refractivity contribution in [2.45, 2.75) is 13.8 Å². The first-order chi connectivity index (χ1) is 6.50. The Morgan fingerprint density at radius 2 is 1.93 bits per heavy atom. The molecular weight excluding hydrogens is 180 g/mol. The summed E-state index contributed by atoms with van der Waals surface area (Å²) in [6.07, 6.45) is 0. The second-order valence-corrected chi connectivity index (χ2v) is 3.32. The summed E-state index contributed by atoms with van der Waals surface area (Å²) in [6.45, 7) is 7.25. The van der Waals surface area contributed by atoms with Gasteiger partial charge in [-0.25, -0.2) is 0 Å². The maximum Gasteiger partial charge on any atom is 0.189 e. The van der Waals surface area contributed by atoms with Crippen molar-refractivity contribution in [1.82, 2.24) is 0 Å². The molecule has 3 heteroatoms. The molecule has 0 bridgehead atoms. The summed E-state index contributed by atoms with van der Waals surface area (Å²) in [6, 6.07) is 0. The van der Waals surface area contributed by atoms with E-state index in [9.17, 15) is 9.90 Å². The summed E-state index contributed by atoms with van der Waals surface area (Å²) < 4.78 is 4.90. The van der Waals surface area contributed by atoms with E-state index >= 15 is 0 Å². The summed E-state index contributed by atoms with van der Waals surface area (Å²) in [4.78, 5) is 11.6. The summed E-state index contributed by atoms with van der Waals surface area (Å²) in [5, 5.41) is 9.76. The Labute approximate surface area is 83.4 Å². The van der Waals surface area contributed by atoms with Crippen LogP contribution in [0.15, 0.2) is 34.6 Å². The van der Waals surface area contributed by atoms with E-state index in [2.05, 4.69) is 6.58 Å². The van der Waals surface area contributed by atoms with E-state index in [1.807, 2.05) is 0 Å². The van der Waals surface area contributed by atoms with Crippen molar-refractivity contribution in [3.05, 3.63) is 34.6 Å². The smallest absolute Gasteiger partial charge is 0.189 e. The molecule has 0 atom stereocenters. The minimum Gasteiger partial charge on any atom is -0.507 e. The molecule has 0 fully saturated rings. The number of aliphatic hydroxyl groups is 1. The van der Waals surface area contributed by atoms with Crippen LogP contribution in [-0.2, 0) is 9.53 Å². The van der Waals surface area contributed by atoms with Crippen LogP contribution in [0.1, 0.15) is 13.8 Å². The zero-order chi connectivity index (χ0) is 10.9. The third-order valence-electron chi connectivity index (χ3n) is 2.47. The third kappa shape index (κ3) is 1.51. The highest BCUT2D eigenvalue weighted by atomic mass is 16.5. The van der Waals surface area contributed by atoms with Gasteiger partial charge in [-0.1, -0.05) is 6.58 Å². The molecule has 0 heterocycles. The van der Waals surface area contributed by atoms with Crippen LogP contribution in [0, 0.1) is 0 Å². The van der Waals surface area contributed by atoms with Crippen molar-refractivity contribution < 1.29 is 14.6 Å². The number of ketones is 1. The molecule has 0 aromatic carbocycles. The van der Waals surface area contributed by atoms with Gasteiger partial charge in [0.1, 0.15) is 5.76 Å². The SMILES string of the molecule is C=C1C(=O)C(C)=C(C)C(O)=C1COC. The summed E-state index contributed by atoms with van der Waals surface area (Å²) in [5.41, 5.74) is 1.97. The summed E-state index contributed by atoms with van der Waals surface area (Å²) >= 11 is 0. The van der Waals surface area contributed by atoms with Gasteiger partial charge in [-0.15, -0.1) is 0 Å². The molecule has 0 unspecified atom stereocenters. The molecule has 0 amide bonds. The zero-order valence-electron chi connectivity index (χ0n) is 8.68. The Hall–Kier alpha value is -1.35. The predicted octanol–water partition coefficient (Wildman–Crippen LogP) is 1.92. The number of allylic oxidation sites excluding steroid dienone is 2. The molecule has 1 aliphatic carbocycles. The van der Waals surface area contributed by atoms with Crippen molar-refractivity contribution in [3.63, 3.8) is 0 Å². The quantitative estimate of drug-likeness (QED) is 0.683. The Morgan fingerprint density at radius 1 is 1.36 bits per heavy atom. The van der Waals surface area contributed by atoms with Crippen molar-refractivity contribution in [2.24, 2.45) is 0 Å². The number of methoxy groups -OCH3 is 1. The van der Waals surface area contributed by atoms with Crippen LogP contribution in [0.2, 0.25) is 0 Å². The molecule has 0 aromatic heterocycles. The largest absolute Gasteiger partial charge is 0.507 e. The standard InChI is InChI=1S/C11H14O3/c1-6-7(2)11(13)9(5-14-4)8(3)10(6)12/h13H,3,5H2,1-2,4H3. The first-order valence-corrected chi connectivity index (χ1v) is 4.33. The molecule has 3 nitrogen and oxygen atoms in total. The second-order valence-electron chi connectivity index (χ2n) is 3.32. The van der Waals surface area contributed by atoms with Gasteiger partial charge in [0.2, 0.25) is 0 Å². The molecule has 0 radical (unpaired) electrons. The lowest BCUT2D eigenvalue weighted by molar-refractivity contribution is -0.112. The molecule has 0 saturated heterocycles. The zero-order valence-corrected chi connectivity index (χ0v) is 8.68. The van der Waals surface area contributed by atoms with Crippen molar-refractivity contribution in [1.29, 1.82) is 0 Å². The minimum atomic E-state index is -0.118. The molecule has 1 N–H and O–H groups in total. The van der Waals surface area contributed by atoms with Crippen LogP contribution in [-0.4, -0.2) is 24.6 Å². The number of hydrogen-bond donors (Lipinski definition) is 1.